The number of hydrogen-bond donors (Lipinski definition) is 2. The molecular formula is C25H38N2O2. The number of ketones is 1. The quantitative estimate of drug-likeness (QED) is 0.335. The van der Waals surface area contributed by atoms with E-state index in [1.807, 2.05) is 12.2 Å². The normalized spacial score (nSPS) is 12.6. The van der Waals surface area contributed by atoms with Gasteiger partial charge in [0.2, 0.25) is 5.91 Å². The molecular weight excluding hydrogens is 360 g/mol. The number of carbonyl (C=O) groups excluding carboxylic acids is 2. The molecule has 0 aliphatic rings. The third-order valence-corrected chi connectivity index (χ3v) is 3.84. The number of allylic oxidation sites excluding steroid dienone is 12. The van der Waals surface area contributed by atoms with Crippen LogP contribution in [0.3, 0.4) is 0 Å². The number of Topliss-reactive ketones (excluding diaryl/α,β-unsaturated/α-hetero) is 1. The van der Waals surface area contributed by atoms with Crippen LogP contribution >= 0.6 is 0 Å². The second-order valence-electron chi connectivity index (χ2n) is 6.47. The van der Waals surface area contributed by atoms with Gasteiger partial charge in [-0.1, -0.05) is 79.8 Å². The lowest BCUT2D eigenvalue weighted by Crippen LogP contribution is -2.32. The molecule has 4 heteroatoms. The van der Waals surface area contributed by atoms with Crippen molar-refractivity contribution in [3.63, 3.8) is 0 Å². The van der Waals surface area contributed by atoms with Crippen molar-refractivity contribution in [2.75, 3.05) is 13.1 Å². The monoisotopic (exact) mass is 398 g/mol. The molecule has 0 aliphatic carbocycles. The Bertz CT molecular complexity index is 596. The Morgan fingerprint density at radius 2 is 1.10 bits per heavy atom. The fraction of sp³-hybridized carbons (Fsp3) is 0.440. The lowest BCUT2D eigenvalue weighted by molar-refractivity contribution is -0.124. The van der Waals surface area contributed by atoms with E-state index in [0.717, 1.165) is 38.5 Å². The van der Waals surface area contributed by atoms with E-state index in [-0.39, 0.29) is 24.8 Å². The van der Waals surface area contributed by atoms with E-state index >= 15 is 0 Å². The van der Waals surface area contributed by atoms with Crippen LogP contribution in [0.2, 0.25) is 0 Å². The zero-order chi connectivity index (χ0) is 21.4. The number of carbonyl (C=O) groups is 2. The van der Waals surface area contributed by atoms with Gasteiger partial charge in [0.15, 0.2) is 5.78 Å². The van der Waals surface area contributed by atoms with E-state index in [0.29, 0.717) is 12.8 Å². The van der Waals surface area contributed by atoms with Crippen LogP contribution in [0.25, 0.3) is 0 Å². The van der Waals surface area contributed by atoms with Crippen LogP contribution in [0.1, 0.15) is 58.3 Å². The molecule has 0 rings (SSSR count). The average Bonchev–Trinajstić information content (AvgIpc) is 2.73. The fourth-order valence-electron chi connectivity index (χ4n) is 2.21. The summed E-state index contributed by atoms with van der Waals surface area (Å²) in [5.74, 6) is -0.279. The summed E-state index contributed by atoms with van der Waals surface area (Å²) in [6.45, 7) is 2.14. The molecule has 4 nitrogen and oxygen atoms in total. The van der Waals surface area contributed by atoms with Gasteiger partial charge in [-0.2, -0.15) is 0 Å². The Labute approximate surface area is 177 Å². The summed E-state index contributed by atoms with van der Waals surface area (Å²) in [6.07, 6.45) is 32.8. The molecule has 3 N–H and O–H groups in total. The molecule has 0 atom stereocenters. The van der Waals surface area contributed by atoms with Gasteiger partial charge in [-0.3, -0.25) is 9.59 Å². The van der Waals surface area contributed by atoms with E-state index in [9.17, 15) is 9.59 Å². The first-order valence-corrected chi connectivity index (χ1v) is 10.6. The van der Waals surface area contributed by atoms with E-state index in [1.54, 1.807) is 0 Å². The molecule has 0 saturated carbocycles. The molecule has 0 saturated heterocycles. The molecule has 0 heterocycles. The van der Waals surface area contributed by atoms with Gasteiger partial charge >= 0.3 is 0 Å². The number of nitrogens with one attached hydrogen (secondary N) is 1. The van der Waals surface area contributed by atoms with Gasteiger partial charge in [0.05, 0.1) is 13.1 Å². The summed E-state index contributed by atoms with van der Waals surface area (Å²) in [7, 11) is 0. The summed E-state index contributed by atoms with van der Waals surface area (Å²) in [6, 6.07) is 0. The predicted molar refractivity (Wildman–Crippen MR) is 125 cm³/mol. The zero-order valence-electron chi connectivity index (χ0n) is 17.9. The van der Waals surface area contributed by atoms with E-state index in [1.165, 1.54) is 0 Å². The highest BCUT2D eigenvalue weighted by atomic mass is 16.2. The van der Waals surface area contributed by atoms with Crippen molar-refractivity contribution in [1.29, 1.82) is 0 Å². The number of hydrogen-bond acceptors (Lipinski definition) is 3. The molecule has 160 valence electrons. The Kier molecular flexibility index (Phi) is 20.0. The Balaban J connectivity index is 3.59. The van der Waals surface area contributed by atoms with Gasteiger partial charge < -0.3 is 11.1 Å². The molecule has 0 radical (unpaired) electrons. The molecule has 0 aliphatic heterocycles. The third kappa shape index (κ3) is 21.7. The highest BCUT2D eigenvalue weighted by Crippen LogP contribution is 1.97. The highest BCUT2D eigenvalue weighted by molar-refractivity contribution is 5.87. The van der Waals surface area contributed by atoms with Crippen LogP contribution in [0.15, 0.2) is 72.9 Å². The molecule has 0 aromatic rings. The Morgan fingerprint density at radius 3 is 1.52 bits per heavy atom. The molecule has 0 bridgehead atoms. The van der Waals surface area contributed by atoms with E-state index < -0.39 is 0 Å². The summed E-state index contributed by atoms with van der Waals surface area (Å²) in [5, 5.41) is 2.56. The highest BCUT2D eigenvalue weighted by Gasteiger charge is 2.02. The standard InChI is InChI=1S/C25H38N2O2/c1-2-3-4-5-6-7-8-9-10-11-12-13-14-15-16-17-18-19-20-21-25(29)27-23-24(28)22-26/h3-4,6-7,9-10,12-13,15-16,18-19H,2,5,8,11,14,17,20-23,26H2,1H3,(H,27,29). The lowest BCUT2D eigenvalue weighted by Gasteiger charge is -2.01. The molecule has 0 spiro atoms. The maximum atomic E-state index is 11.5. The van der Waals surface area contributed by atoms with Crippen molar-refractivity contribution >= 4 is 11.7 Å². The minimum absolute atomic E-state index is 0.0269. The molecule has 0 fully saturated rings. The number of nitrogens with two attached hydrogens (primary N) is 1. The first-order valence-electron chi connectivity index (χ1n) is 10.6. The van der Waals surface area contributed by atoms with Crippen LogP contribution in [0.4, 0.5) is 0 Å². The molecule has 1 amide bonds. The summed E-state index contributed by atoms with van der Waals surface area (Å²) in [5.41, 5.74) is 5.18. The molecule has 0 aromatic heterocycles. The fourth-order valence-corrected chi connectivity index (χ4v) is 2.21. The SMILES string of the molecule is CCC=CCC=CCC=CCC=CCC=CCC=CCCC(=O)NCC(=O)CN. The van der Waals surface area contributed by atoms with Crippen LogP contribution in [-0.2, 0) is 9.59 Å². The minimum atomic E-state index is -0.160. The van der Waals surface area contributed by atoms with Crippen LogP contribution in [0, 0.1) is 0 Å². The predicted octanol–water partition coefficient (Wildman–Crippen LogP) is 5.11. The minimum Gasteiger partial charge on any atom is -0.349 e. The van der Waals surface area contributed by atoms with E-state index in [2.05, 4.69) is 73.0 Å². The van der Waals surface area contributed by atoms with Gasteiger partial charge in [-0.15, -0.1) is 0 Å². The Hall–Kier alpha value is -2.46. The first-order chi connectivity index (χ1) is 14.2. The number of amides is 1. The molecule has 0 unspecified atom stereocenters. The molecule has 0 aromatic carbocycles. The van der Waals surface area contributed by atoms with Crippen LogP contribution < -0.4 is 11.1 Å². The average molecular weight is 399 g/mol. The lowest BCUT2D eigenvalue weighted by atomic mass is 10.2. The van der Waals surface area contributed by atoms with Crippen molar-refractivity contribution in [2.24, 2.45) is 5.73 Å². The van der Waals surface area contributed by atoms with Crippen molar-refractivity contribution in [2.45, 2.75) is 58.3 Å². The van der Waals surface area contributed by atoms with Crippen LogP contribution in [0.5, 0.6) is 0 Å². The first kappa shape index (κ1) is 26.5. The smallest absolute Gasteiger partial charge is 0.220 e. The third-order valence-electron chi connectivity index (χ3n) is 3.84. The van der Waals surface area contributed by atoms with E-state index in [4.69, 9.17) is 5.73 Å². The maximum Gasteiger partial charge on any atom is 0.220 e. The van der Waals surface area contributed by atoms with Gasteiger partial charge in [-0.25, -0.2) is 0 Å². The number of rotatable bonds is 17. The van der Waals surface area contributed by atoms with Crippen molar-refractivity contribution in [3.05, 3.63) is 72.9 Å². The van der Waals surface area contributed by atoms with Crippen molar-refractivity contribution in [1.82, 2.24) is 5.32 Å². The van der Waals surface area contributed by atoms with Gasteiger partial charge in [-0.05, 0) is 44.9 Å². The van der Waals surface area contributed by atoms with Gasteiger partial charge in [0.25, 0.3) is 0 Å². The maximum absolute atomic E-state index is 11.5. The Morgan fingerprint density at radius 1 is 0.690 bits per heavy atom. The topological polar surface area (TPSA) is 72.2 Å². The summed E-state index contributed by atoms with van der Waals surface area (Å²) < 4.78 is 0. The largest absolute Gasteiger partial charge is 0.349 e. The second-order valence-corrected chi connectivity index (χ2v) is 6.47. The van der Waals surface area contributed by atoms with Gasteiger partial charge in [0, 0.05) is 6.42 Å². The van der Waals surface area contributed by atoms with Crippen molar-refractivity contribution < 1.29 is 9.59 Å². The van der Waals surface area contributed by atoms with Crippen molar-refractivity contribution in [3.8, 4) is 0 Å². The zero-order valence-corrected chi connectivity index (χ0v) is 17.9. The van der Waals surface area contributed by atoms with Crippen LogP contribution in [-0.4, -0.2) is 24.8 Å². The second kappa shape index (κ2) is 21.8. The molecule has 29 heavy (non-hydrogen) atoms. The summed E-state index contributed by atoms with van der Waals surface area (Å²) >= 11 is 0. The summed E-state index contributed by atoms with van der Waals surface area (Å²) in [4.78, 5) is 22.5. The van der Waals surface area contributed by atoms with Gasteiger partial charge in [0.1, 0.15) is 0 Å².